The topological polar surface area (TPSA) is 31.2 Å². The fraction of sp³-hybridized carbons (Fsp3) is 0.476. The second kappa shape index (κ2) is 4.98. The van der Waals surface area contributed by atoms with Crippen molar-refractivity contribution >= 4 is 16.9 Å². The van der Waals surface area contributed by atoms with Crippen LogP contribution in [-0.2, 0) is 16.0 Å². The smallest absolute Gasteiger partial charge is 0.329 e. The van der Waals surface area contributed by atoms with Crippen LogP contribution in [0.1, 0.15) is 49.4 Å². The first-order valence-electron chi connectivity index (χ1n) is 9.09. The average molecular weight is 321 g/mol. The van der Waals surface area contributed by atoms with E-state index < -0.39 is 0 Å². The Balaban J connectivity index is 1.86. The van der Waals surface area contributed by atoms with E-state index in [4.69, 9.17) is 4.74 Å². The summed E-state index contributed by atoms with van der Waals surface area (Å²) in [6, 6.07) is 8.41. The zero-order valence-corrected chi connectivity index (χ0v) is 14.3. The van der Waals surface area contributed by atoms with Gasteiger partial charge in [-0.15, -0.1) is 0 Å². The van der Waals surface area contributed by atoms with Crippen LogP contribution >= 0.6 is 0 Å². The number of allylic oxidation sites excluding steroid dienone is 2. The molecule has 2 heterocycles. The van der Waals surface area contributed by atoms with Gasteiger partial charge in [0.05, 0.1) is 7.11 Å². The van der Waals surface area contributed by atoms with Crippen LogP contribution < -0.4 is 0 Å². The van der Waals surface area contributed by atoms with Crippen LogP contribution in [0.5, 0.6) is 0 Å². The summed E-state index contributed by atoms with van der Waals surface area (Å²) in [5.74, 6) is 1.54. The molecule has 3 nitrogen and oxygen atoms in total. The molecule has 1 saturated carbocycles. The fourth-order valence-electron chi connectivity index (χ4n) is 5.73. The predicted molar refractivity (Wildman–Crippen MR) is 94.0 cm³/mol. The Labute approximate surface area is 142 Å². The van der Waals surface area contributed by atoms with Crippen LogP contribution in [0.3, 0.4) is 0 Å². The highest BCUT2D eigenvalue weighted by Crippen LogP contribution is 2.58. The Hall–Kier alpha value is -2.03. The van der Waals surface area contributed by atoms with E-state index >= 15 is 0 Å². The Kier molecular flexibility index (Phi) is 2.97. The van der Waals surface area contributed by atoms with E-state index in [0.29, 0.717) is 5.92 Å². The van der Waals surface area contributed by atoms with E-state index in [2.05, 4.69) is 41.8 Å². The fourth-order valence-corrected chi connectivity index (χ4v) is 5.73. The highest BCUT2D eigenvalue weighted by atomic mass is 16.5. The molecule has 0 radical (unpaired) electrons. The van der Waals surface area contributed by atoms with Gasteiger partial charge in [0.1, 0.15) is 6.04 Å². The van der Waals surface area contributed by atoms with Crippen LogP contribution in [-0.4, -0.2) is 17.6 Å². The number of hydrogen-bond acceptors (Lipinski definition) is 2. The monoisotopic (exact) mass is 321 g/mol. The molecule has 2 aromatic rings. The molecule has 2 bridgehead atoms. The standard InChI is InChI=1S/C21H23NO2/c1-3-12-10-13-8-9-15-14-6-4-5-7-18(14)22-19(15)17(13)11-16(12)20(22)21(23)24-2/h3-7,13,16-17,20H,8-11H2,1-2H3/b12-3+/t13-,16-,17+,20-/m0/s1. The molecule has 24 heavy (non-hydrogen) atoms. The molecule has 1 aromatic carbocycles. The first kappa shape index (κ1) is 14.3. The van der Waals surface area contributed by atoms with Crippen molar-refractivity contribution in [3.05, 3.63) is 47.2 Å². The van der Waals surface area contributed by atoms with Gasteiger partial charge in [0.15, 0.2) is 0 Å². The molecule has 2 aliphatic carbocycles. The summed E-state index contributed by atoms with van der Waals surface area (Å²) in [7, 11) is 1.52. The number of aryl methyl sites for hydroxylation is 1. The molecule has 3 aliphatic rings. The van der Waals surface area contributed by atoms with Crippen molar-refractivity contribution in [3.8, 4) is 0 Å². The molecular weight excluding hydrogens is 298 g/mol. The number of nitrogens with zero attached hydrogens (tertiary/aromatic N) is 1. The highest BCUT2D eigenvalue weighted by molar-refractivity contribution is 5.89. The Morgan fingerprint density at radius 1 is 1.29 bits per heavy atom. The second-order valence-electron chi connectivity index (χ2n) is 7.53. The molecule has 0 N–H and O–H groups in total. The van der Waals surface area contributed by atoms with Gasteiger partial charge < -0.3 is 9.30 Å². The summed E-state index contributed by atoms with van der Waals surface area (Å²) in [4.78, 5) is 12.8. The van der Waals surface area contributed by atoms with E-state index in [9.17, 15) is 4.79 Å². The number of esters is 1. The quantitative estimate of drug-likeness (QED) is 0.577. The van der Waals surface area contributed by atoms with Crippen molar-refractivity contribution in [3.63, 3.8) is 0 Å². The first-order valence-corrected chi connectivity index (χ1v) is 9.09. The van der Waals surface area contributed by atoms with Gasteiger partial charge in [-0.3, -0.25) is 0 Å². The molecule has 1 aliphatic heterocycles. The normalized spacial score (nSPS) is 32.2. The number of rotatable bonds is 1. The number of carbonyl (C=O) groups is 1. The van der Waals surface area contributed by atoms with E-state index in [1.807, 2.05) is 0 Å². The number of para-hydroxylation sites is 1. The molecule has 0 saturated heterocycles. The van der Waals surface area contributed by atoms with Gasteiger partial charge in [0, 0.05) is 28.4 Å². The minimum absolute atomic E-state index is 0.0922. The van der Waals surface area contributed by atoms with Gasteiger partial charge in [-0.2, -0.15) is 0 Å². The Morgan fingerprint density at radius 3 is 2.92 bits per heavy atom. The van der Waals surface area contributed by atoms with Crippen LogP contribution in [0.15, 0.2) is 35.9 Å². The summed E-state index contributed by atoms with van der Waals surface area (Å²) >= 11 is 0. The molecule has 0 spiro atoms. The van der Waals surface area contributed by atoms with Crippen LogP contribution in [0.2, 0.25) is 0 Å². The minimum Gasteiger partial charge on any atom is -0.467 e. The lowest BCUT2D eigenvalue weighted by molar-refractivity contribution is -0.147. The van der Waals surface area contributed by atoms with Gasteiger partial charge >= 0.3 is 5.97 Å². The van der Waals surface area contributed by atoms with Crippen molar-refractivity contribution < 1.29 is 9.53 Å². The second-order valence-corrected chi connectivity index (χ2v) is 7.53. The molecule has 4 atom stereocenters. The maximum Gasteiger partial charge on any atom is 0.329 e. The van der Waals surface area contributed by atoms with Gasteiger partial charge in [-0.25, -0.2) is 4.79 Å². The average Bonchev–Trinajstić information content (AvgIpc) is 2.96. The van der Waals surface area contributed by atoms with Crippen molar-refractivity contribution in [2.24, 2.45) is 11.8 Å². The molecule has 124 valence electrons. The van der Waals surface area contributed by atoms with Gasteiger partial charge in [0.2, 0.25) is 0 Å². The largest absolute Gasteiger partial charge is 0.467 e. The lowest BCUT2D eigenvalue weighted by Gasteiger charge is -2.48. The number of ether oxygens (including phenoxy) is 1. The number of fused-ring (bicyclic) bond motifs is 4. The zero-order valence-electron chi connectivity index (χ0n) is 14.3. The molecular formula is C21H23NO2. The minimum atomic E-state index is -0.204. The molecule has 5 rings (SSSR count). The van der Waals surface area contributed by atoms with E-state index in [0.717, 1.165) is 25.2 Å². The summed E-state index contributed by atoms with van der Waals surface area (Å²) in [5, 5.41) is 1.34. The summed E-state index contributed by atoms with van der Waals surface area (Å²) in [6.07, 6.45) is 6.93. The number of methoxy groups -OCH3 is 1. The highest BCUT2D eigenvalue weighted by Gasteiger charge is 2.50. The number of benzene rings is 1. The maximum absolute atomic E-state index is 12.8. The van der Waals surface area contributed by atoms with E-state index in [1.165, 1.54) is 41.3 Å². The van der Waals surface area contributed by atoms with Crippen molar-refractivity contribution in [2.75, 3.05) is 7.11 Å². The number of hydrogen-bond donors (Lipinski definition) is 0. The summed E-state index contributed by atoms with van der Waals surface area (Å²) in [5.41, 5.74) is 5.60. The van der Waals surface area contributed by atoms with E-state index in [1.54, 1.807) is 0 Å². The third kappa shape index (κ3) is 1.65. The Bertz CT molecular complexity index is 875. The maximum atomic E-state index is 12.8. The zero-order chi connectivity index (χ0) is 16.4. The lowest BCUT2D eigenvalue weighted by atomic mass is 9.61. The van der Waals surface area contributed by atoms with Gasteiger partial charge in [-0.05, 0) is 50.2 Å². The SMILES string of the molecule is C/C=C1\C[C@@H]2CCc3c4n(c5ccccc35)[C@H](C(=O)OC)[C@H]1C[C@@H]42. The molecule has 1 fully saturated rings. The number of carbonyl (C=O) groups excluding carboxylic acids is 1. The lowest BCUT2D eigenvalue weighted by Crippen LogP contribution is -2.43. The predicted octanol–water partition coefficient (Wildman–Crippen LogP) is 4.37. The third-order valence-corrected chi connectivity index (χ3v) is 6.70. The van der Waals surface area contributed by atoms with Gasteiger partial charge in [-0.1, -0.05) is 29.8 Å². The van der Waals surface area contributed by atoms with Crippen LogP contribution in [0.4, 0.5) is 0 Å². The van der Waals surface area contributed by atoms with Crippen molar-refractivity contribution in [1.29, 1.82) is 0 Å². The molecule has 0 unspecified atom stereocenters. The van der Waals surface area contributed by atoms with Crippen molar-refractivity contribution in [2.45, 2.75) is 44.6 Å². The molecule has 3 heteroatoms. The number of aromatic nitrogens is 1. The van der Waals surface area contributed by atoms with Crippen LogP contribution in [0.25, 0.3) is 10.9 Å². The third-order valence-electron chi connectivity index (χ3n) is 6.70. The van der Waals surface area contributed by atoms with Gasteiger partial charge in [0.25, 0.3) is 0 Å². The Morgan fingerprint density at radius 2 is 2.12 bits per heavy atom. The van der Waals surface area contributed by atoms with Crippen molar-refractivity contribution in [1.82, 2.24) is 4.57 Å². The first-order chi connectivity index (χ1) is 11.7. The summed E-state index contributed by atoms with van der Waals surface area (Å²) < 4.78 is 7.60. The van der Waals surface area contributed by atoms with E-state index in [-0.39, 0.29) is 17.9 Å². The van der Waals surface area contributed by atoms with Crippen LogP contribution in [0, 0.1) is 11.8 Å². The molecule has 1 aromatic heterocycles. The summed E-state index contributed by atoms with van der Waals surface area (Å²) in [6.45, 7) is 2.13. The molecule has 0 amide bonds.